The van der Waals surface area contributed by atoms with Crippen LogP contribution in [0.25, 0.3) is 11.3 Å². The molecule has 0 amide bonds. The van der Waals surface area contributed by atoms with E-state index < -0.39 is 5.97 Å². The summed E-state index contributed by atoms with van der Waals surface area (Å²) in [6.45, 7) is 8.51. The number of aromatic amines is 1. The van der Waals surface area contributed by atoms with Gasteiger partial charge in [-0.1, -0.05) is 0 Å². The van der Waals surface area contributed by atoms with Gasteiger partial charge < -0.3 is 9.47 Å². The molecule has 1 aromatic heterocycles. The highest BCUT2D eigenvalue weighted by atomic mass is 16.5. The van der Waals surface area contributed by atoms with Crippen LogP contribution in [0.1, 0.15) is 35.5 Å². The van der Waals surface area contributed by atoms with Crippen LogP contribution in [0, 0.1) is 13.8 Å². The molecule has 2 rings (SSSR count). The number of aromatic nitrogens is 3. The average Bonchev–Trinajstić information content (AvgIpc) is 2.87. The van der Waals surface area contributed by atoms with Crippen molar-refractivity contribution in [3.63, 3.8) is 0 Å². The SMILES string of the molecule is CCOC(=O)c1n[nH]nc1-c1c(C)cc(OCC)cc1C. The molecule has 1 heterocycles. The minimum Gasteiger partial charge on any atom is -0.494 e. The lowest BCUT2D eigenvalue weighted by Gasteiger charge is -2.12. The Bertz CT molecular complexity index is 626. The second-order valence-corrected chi connectivity index (χ2v) is 4.61. The van der Waals surface area contributed by atoms with E-state index in [1.165, 1.54) is 0 Å². The normalized spacial score (nSPS) is 10.5. The molecular weight excluding hydrogens is 270 g/mol. The molecule has 6 nitrogen and oxygen atoms in total. The summed E-state index contributed by atoms with van der Waals surface area (Å²) in [4.78, 5) is 11.9. The van der Waals surface area contributed by atoms with Crippen LogP contribution in [0.3, 0.4) is 0 Å². The van der Waals surface area contributed by atoms with Crippen LogP contribution >= 0.6 is 0 Å². The van der Waals surface area contributed by atoms with Crippen LogP contribution in [0.4, 0.5) is 0 Å². The molecule has 0 saturated carbocycles. The number of aryl methyl sites for hydroxylation is 2. The molecule has 6 heteroatoms. The van der Waals surface area contributed by atoms with Crippen LogP contribution in [0.5, 0.6) is 5.75 Å². The van der Waals surface area contributed by atoms with E-state index in [1.807, 2.05) is 32.9 Å². The number of hydrogen-bond acceptors (Lipinski definition) is 5. The van der Waals surface area contributed by atoms with E-state index in [1.54, 1.807) is 6.92 Å². The van der Waals surface area contributed by atoms with Gasteiger partial charge in [0.2, 0.25) is 0 Å². The third-order valence-electron chi connectivity index (χ3n) is 3.07. The Morgan fingerprint density at radius 1 is 1.14 bits per heavy atom. The predicted octanol–water partition coefficient (Wildman–Crippen LogP) is 2.66. The first-order valence-electron chi connectivity index (χ1n) is 6.90. The van der Waals surface area contributed by atoms with Gasteiger partial charge in [0.05, 0.1) is 13.2 Å². The minimum absolute atomic E-state index is 0.201. The van der Waals surface area contributed by atoms with Gasteiger partial charge in [0.25, 0.3) is 0 Å². The third kappa shape index (κ3) is 3.04. The Balaban J connectivity index is 2.48. The van der Waals surface area contributed by atoms with Gasteiger partial charge in [-0.25, -0.2) is 4.79 Å². The lowest BCUT2D eigenvalue weighted by Crippen LogP contribution is -2.07. The molecule has 0 fully saturated rings. The van der Waals surface area contributed by atoms with E-state index in [2.05, 4.69) is 15.4 Å². The molecule has 112 valence electrons. The fourth-order valence-electron chi connectivity index (χ4n) is 2.29. The van der Waals surface area contributed by atoms with Crippen LogP contribution in [-0.4, -0.2) is 34.6 Å². The summed E-state index contributed by atoms with van der Waals surface area (Å²) in [6, 6.07) is 3.85. The quantitative estimate of drug-likeness (QED) is 0.856. The van der Waals surface area contributed by atoms with E-state index in [9.17, 15) is 4.79 Å². The molecule has 0 saturated heterocycles. The fourth-order valence-corrected chi connectivity index (χ4v) is 2.29. The monoisotopic (exact) mass is 289 g/mol. The summed E-state index contributed by atoms with van der Waals surface area (Å²) >= 11 is 0. The van der Waals surface area contributed by atoms with Crippen molar-refractivity contribution in [3.05, 3.63) is 29.0 Å². The first-order chi connectivity index (χ1) is 10.1. The molecule has 0 atom stereocenters. The predicted molar refractivity (Wildman–Crippen MR) is 78.4 cm³/mol. The number of nitrogens with zero attached hydrogens (tertiary/aromatic N) is 2. The molecule has 0 bridgehead atoms. The highest BCUT2D eigenvalue weighted by molar-refractivity contribution is 5.94. The van der Waals surface area contributed by atoms with Gasteiger partial charge in [0, 0.05) is 5.56 Å². The number of nitrogens with one attached hydrogen (secondary N) is 1. The number of H-pyrrole nitrogens is 1. The Morgan fingerprint density at radius 2 is 1.81 bits per heavy atom. The van der Waals surface area contributed by atoms with Gasteiger partial charge in [-0.05, 0) is 51.0 Å². The van der Waals surface area contributed by atoms with Crippen molar-refractivity contribution in [1.29, 1.82) is 0 Å². The van der Waals surface area contributed by atoms with Crippen LogP contribution in [0.15, 0.2) is 12.1 Å². The molecule has 0 aliphatic rings. The number of esters is 1. The van der Waals surface area contributed by atoms with Gasteiger partial charge in [0.15, 0.2) is 5.69 Å². The summed E-state index contributed by atoms with van der Waals surface area (Å²) in [5.41, 5.74) is 3.52. The third-order valence-corrected chi connectivity index (χ3v) is 3.07. The van der Waals surface area contributed by atoms with Crippen LogP contribution < -0.4 is 4.74 Å². The molecule has 0 radical (unpaired) electrons. The van der Waals surface area contributed by atoms with Crippen LogP contribution in [0.2, 0.25) is 0 Å². The number of ether oxygens (including phenoxy) is 2. The number of rotatable bonds is 5. The summed E-state index contributed by atoms with van der Waals surface area (Å²) in [5, 5.41) is 10.5. The maximum Gasteiger partial charge on any atom is 0.361 e. The number of carbonyl (C=O) groups is 1. The van der Waals surface area contributed by atoms with Gasteiger partial charge in [-0.2, -0.15) is 10.3 Å². The summed E-state index contributed by atoms with van der Waals surface area (Å²) in [6.07, 6.45) is 0. The zero-order valence-electron chi connectivity index (χ0n) is 12.7. The highest BCUT2D eigenvalue weighted by Crippen LogP contribution is 2.31. The molecule has 0 aliphatic heterocycles. The van der Waals surface area contributed by atoms with E-state index in [-0.39, 0.29) is 5.69 Å². The zero-order valence-corrected chi connectivity index (χ0v) is 12.7. The number of benzene rings is 1. The Hall–Kier alpha value is -2.37. The van der Waals surface area contributed by atoms with Crippen molar-refractivity contribution in [1.82, 2.24) is 15.4 Å². The first kappa shape index (κ1) is 15.0. The maximum atomic E-state index is 11.9. The van der Waals surface area contributed by atoms with Gasteiger partial charge >= 0.3 is 5.97 Å². The second-order valence-electron chi connectivity index (χ2n) is 4.61. The lowest BCUT2D eigenvalue weighted by molar-refractivity contribution is 0.0520. The topological polar surface area (TPSA) is 77.1 Å². The molecule has 2 aromatic rings. The van der Waals surface area contributed by atoms with Gasteiger partial charge in [0.1, 0.15) is 11.4 Å². The molecule has 1 aromatic carbocycles. The molecular formula is C15H19N3O3. The number of carbonyl (C=O) groups excluding carboxylic acids is 1. The van der Waals surface area contributed by atoms with Gasteiger partial charge in [-0.15, -0.1) is 5.10 Å². The van der Waals surface area contributed by atoms with E-state index in [0.29, 0.717) is 18.9 Å². The van der Waals surface area contributed by atoms with Crippen molar-refractivity contribution in [2.24, 2.45) is 0 Å². The summed E-state index contributed by atoms with van der Waals surface area (Å²) in [5.74, 6) is 0.325. The van der Waals surface area contributed by atoms with E-state index in [4.69, 9.17) is 9.47 Å². The van der Waals surface area contributed by atoms with E-state index >= 15 is 0 Å². The van der Waals surface area contributed by atoms with Crippen LogP contribution in [-0.2, 0) is 4.74 Å². The Morgan fingerprint density at radius 3 is 2.38 bits per heavy atom. The number of hydrogen-bond donors (Lipinski definition) is 1. The molecule has 0 spiro atoms. The van der Waals surface area contributed by atoms with Crippen molar-refractivity contribution >= 4 is 5.97 Å². The first-order valence-corrected chi connectivity index (χ1v) is 6.90. The van der Waals surface area contributed by atoms with Gasteiger partial charge in [-0.3, -0.25) is 0 Å². The largest absolute Gasteiger partial charge is 0.494 e. The zero-order chi connectivity index (χ0) is 15.4. The smallest absolute Gasteiger partial charge is 0.361 e. The van der Waals surface area contributed by atoms with Crippen molar-refractivity contribution in [2.45, 2.75) is 27.7 Å². The summed E-state index contributed by atoms with van der Waals surface area (Å²) in [7, 11) is 0. The summed E-state index contributed by atoms with van der Waals surface area (Å²) < 4.78 is 10.5. The second kappa shape index (κ2) is 6.39. The minimum atomic E-state index is -0.478. The molecule has 0 aliphatic carbocycles. The molecule has 21 heavy (non-hydrogen) atoms. The fraction of sp³-hybridized carbons (Fsp3) is 0.400. The van der Waals surface area contributed by atoms with E-state index in [0.717, 1.165) is 22.4 Å². The lowest BCUT2D eigenvalue weighted by atomic mass is 9.98. The van der Waals surface area contributed by atoms with Crippen molar-refractivity contribution < 1.29 is 14.3 Å². The van der Waals surface area contributed by atoms with Crippen molar-refractivity contribution in [3.8, 4) is 17.0 Å². The van der Waals surface area contributed by atoms with Crippen molar-refractivity contribution in [2.75, 3.05) is 13.2 Å². The Labute approximate surface area is 123 Å². The molecule has 1 N–H and O–H groups in total. The highest BCUT2D eigenvalue weighted by Gasteiger charge is 2.22. The average molecular weight is 289 g/mol. The standard InChI is InChI=1S/C15H19N3O3/c1-5-20-11-7-9(3)12(10(4)8-11)13-14(17-18-16-13)15(19)21-6-2/h7-8H,5-6H2,1-4H3,(H,16,17,18). The maximum absolute atomic E-state index is 11.9. The molecule has 0 unspecified atom stereocenters. The Kier molecular flexibility index (Phi) is 4.57.